The van der Waals surface area contributed by atoms with E-state index in [1.165, 1.54) is 23.4 Å². The van der Waals surface area contributed by atoms with Crippen LogP contribution in [-0.2, 0) is 24.1 Å². The van der Waals surface area contributed by atoms with Crippen molar-refractivity contribution in [3.63, 3.8) is 0 Å². The molecule has 160 valence electrons. The van der Waals surface area contributed by atoms with Crippen molar-refractivity contribution >= 4 is 42.1 Å². The molecule has 0 unspecified atom stereocenters. The number of rotatable bonds is 4. The van der Waals surface area contributed by atoms with Gasteiger partial charge in [-0.15, -0.1) is 36.2 Å². The van der Waals surface area contributed by atoms with Gasteiger partial charge in [0.25, 0.3) is 0 Å². The Morgan fingerprint density at radius 1 is 1.18 bits per heavy atom. The quantitative estimate of drug-likeness (QED) is 0.554. The number of aliphatic hydroxyl groups is 2. The standard InChI is InChI=1S/C19H29N3O3S.2ClH/c1-10-16(11-8-20-9-12(11)18(24)17(10)23)19(25)21-7-6-15-22-13-4-2-3-5-14(13)26-15;;/h10-12,16-18,20,23-24H,2-9H2,1H3,(H,21,25);2*1H/t10-,11+,12+,16+,17+,18+;;/m1../s1. The van der Waals surface area contributed by atoms with Crippen LogP contribution in [0.5, 0.6) is 0 Å². The van der Waals surface area contributed by atoms with Crippen molar-refractivity contribution < 1.29 is 15.0 Å². The van der Waals surface area contributed by atoms with Crippen molar-refractivity contribution in [1.29, 1.82) is 0 Å². The fourth-order valence-electron chi connectivity index (χ4n) is 5.01. The van der Waals surface area contributed by atoms with Gasteiger partial charge in [-0.2, -0.15) is 0 Å². The molecule has 1 amide bonds. The molecule has 1 saturated heterocycles. The first-order chi connectivity index (χ1) is 12.6. The summed E-state index contributed by atoms with van der Waals surface area (Å²) in [5, 5.41) is 28.1. The number of fused-ring (bicyclic) bond motifs is 2. The van der Waals surface area contributed by atoms with Crippen LogP contribution in [0.25, 0.3) is 0 Å². The smallest absolute Gasteiger partial charge is 0.223 e. The van der Waals surface area contributed by atoms with Crippen molar-refractivity contribution in [1.82, 2.24) is 15.6 Å². The maximum Gasteiger partial charge on any atom is 0.223 e. The van der Waals surface area contributed by atoms with Gasteiger partial charge in [-0.3, -0.25) is 4.79 Å². The van der Waals surface area contributed by atoms with Crippen LogP contribution in [0, 0.1) is 23.7 Å². The van der Waals surface area contributed by atoms with Gasteiger partial charge in [-0.25, -0.2) is 4.98 Å². The van der Waals surface area contributed by atoms with Gasteiger partial charge >= 0.3 is 0 Å². The van der Waals surface area contributed by atoms with E-state index in [0.29, 0.717) is 13.1 Å². The molecule has 28 heavy (non-hydrogen) atoms. The maximum absolute atomic E-state index is 12.8. The number of hydrogen-bond acceptors (Lipinski definition) is 6. The van der Waals surface area contributed by atoms with E-state index < -0.39 is 12.2 Å². The third-order valence-corrected chi connectivity index (χ3v) is 7.71. The van der Waals surface area contributed by atoms with Gasteiger partial charge in [0.2, 0.25) is 5.91 Å². The average molecular weight is 452 g/mol. The molecule has 9 heteroatoms. The molecule has 3 aliphatic rings. The van der Waals surface area contributed by atoms with Crippen molar-refractivity contribution in [3.05, 3.63) is 15.6 Å². The number of carbonyl (C=O) groups excluding carboxylic acids is 1. The number of halogens is 2. The Balaban J connectivity index is 0.00000140. The van der Waals surface area contributed by atoms with E-state index in [1.54, 1.807) is 11.3 Å². The van der Waals surface area contributed by atoms with Crippen LogP contribution < -0.4 is 10.6 Å². The summed E-state index contributed by atoms with van der Waals surface area (Å²) in [6.45, 7) is 3.86. The SMILES string of the molecule is C[C@H]1[C@H](O)[C@@H](O)[C@H]2CNC[C@@H]2[C@H]1C(=O)NCCc1nc2c(s1)CCCC2.Cl.Cl. The fourth-order valence-corrected chi connectivity index (χ4v) is 6.17. The number of aryl methyl sites for hydroxylation is 2. The third-order valence-electron chi connectivity index (χ3n) is 6.50. The topological polar surface area (TPSA) is 94.5 Å². The predicted octanol–water partition coefficient (Wildman–Crippen LogP) is 1.35. The van der Waals surface area contributed by atoms with Crippen LogP contribution in [-0.4, -0.2) is 52.9 Å². The highest BCUT2D eigenvalue weighted by Gasteiger charge is 2.52. The number of nitrogens with one attached hydrogen (secondary N) is 2. The summed E-state index contributed by atoms with van der Waals surface area (Å²) in [4.78, 5) is 19.0. The highest BCUT2D eigenvalue weighted by Crippen LogP contribution is 2.41. The van der Waals surface area contributed by atoms with E-state index in [4.69, 9.17) is 4.98 Å². The summed E-state index contributed by atoms with van der Waals surface area (Å²) in [7, 11) is 0. The highest BCUT2D eigenvalue weighted by molar-refractivity contribution is 7.11. The second-order valence-electron chi connectivity index (χ2n) is 8.08. The minimum atomic E-state index is -0.836. The minimum Gasteiger partial charge on any atom is -0.390 e. The van der Waals surface area contributed by atoms with E-state index in [2.05, 4.69) is 10.6 Å². The Hall–Kier alpha value is -0.440. The molecule has 1 aromatic heterocycles. The molecular weight excluding hydrogens is 421 g/mol. The molecule has 4 N–H and O–H groups in total. The summed E-state index contributed by atoms with van der Waals surface area (Å²) in [6.07, 6.45) is 3.92. The third kappa shape index (κ3) is 4.50. The molecule has 0 bridgehead atoms. The number of aliphatic hydroxyl groups excluding tert-OH is 2. The Bertz CT molecular complexity index is 651. The van der Waals surface area contributed by atoms with E-state index in [0.717, 1.165) is 30.8 Å². The lowest BCUT2D eigenvalue weighted by atomic mass is 9.65. The summed E-state index contributed by atoms with van der Waals surface area (Å²) in [5.74, 6) is -0.432. The van der Waals surface area contributed by atoms with Gasteiger partial charge in [0.15, 0.2) is 0 Å². The van der Waals surface area contributed by atoms with Gasteiger partial charge < -0.3 is 20.8 Å². The maximum atomic E-state index is 12.8. The molecular formula is C19H31Cl2N3O3S. The average Bonchev–Trinajstić information content (AvgIpc) is 3.26. The van der Waals surface area contributed by atoms with Gasteiger partial charge in [-0.05, 0) is 44.1 Å². The second kappa shape index (κ2) is 10.0. The van der Waals surface area contributed by atoms with Crippen LogP contribution in [0.3, 0.4) is 0 Å². The summed E-state index contributed by atoms with van der Waals surface area (Å²) in [6, 6.07) is 0. The lowest BCUT2D eigenvalue weighted by molar-refractivity contribution is -0.145. The Labute approximate surface area is 182 Å². The molecule has 1 saturated carbocycles. The van der Waals surface area contributed by atoms with Crippen LogP contribution in [0.15, 0.2) is 0 Å². The van der Waals surface area contributed by atoms with Gasteiger partial charge in [0.1, 0.15) is 0 Å². The fraction of sp³-hybridized carbons (Fsp3) is 0.789. The second-order valence-corrected chi connectivity index (χ2v) is 9.25. The zero-order valence-electron chi connectivity index (χ0n) is 16.1. The van der Waals surface area contributed by atoms with E-state index >= 15 is 0 Å². The molecule has 0 aromatic carbocycles. The molecule has 2 fully saturated rings. The monoisotopic (exact) mass is 451 g/mol. The van der Waals surface area contributed by atoms with Crippen LogP contribution in [0.4, 0.5) is 0 Å². The molecule has 1 aliphatic heterocycles. The number of hydrogen-bond donors (Lipinski definition) is 4. The number of thiazole rings is 1. The number of nitrogens with zero attached hydrogens (tertiary/aromatic N) is 1. The van der Waals surface area contributed by atoms with Crippen LogP contribution in [0.2, 0.25) is 0 Å². The predicted molar refractivity (Wildman–Crippen MR) is 114 cm³/mol. The Morgan fingerprint density at radius 2 is 1.89 bits per heavy atom. The first-order valence-electron chi connectivity index (χ1n) is 9.88. The minimum absolute atomic E-state index is 0. The van der Waals surface area contributed by atoms with Crippen molar-refractivity contribution in [2.75, 3.05) is 19.6 Å². The number of aromatic nitrogens is 1. The zero-order valence-corrected chi connectivity index (χ0v) is 18.5. The molecule has 4 rings (SSSR count). The van der Waals surface area contributed by atoms with Crippen molar-refractivity contribution in [3.8, 4) is 0 Å². The Morgan fingerprint density at radius 3 is 2.64 bits per heavy atom. The van der Waals surface area contributed by atoms with Crippen molar-refractivity contribution in [2.24, 2.45) is 23.7 Å². The van der Waals surface area contributed by atoms with Crippen LogP contribution >= 0.6 is 36.2 Å². The van der Waals surface area contributed by atoms with Crippen molar-refractivity contribution in [2.45, 2.75) is 51.2 Å². The highest BCUT2D eigenvalue weighted by atomic mass is 35.5. The lowest BCUT2D eigenvalue weighted by Gasteiger charge is -2.43. The lowest BCUT2D eigenvalue weighted by Crippen LogP contribution is -2.55. The Kier molecular flexibility index (Phi) is 8.55. The van der Waals surface area contributed by atoms with Gasteiger partial charge in [0.05, 0.1) is 22.9 Å². The van der Waals surface area contributed by atoms with Gasteiger partial charge in [-0.1, -0.05) is 6.92 Å². The molecule has 0 spiro atoms. The van der Waals surface area contributed by atoms with E-state index in [9.17, 15) is 15.0 Å². The van der Waals surface area contributed by atoms with Crippen LogP contribution in [0.1, 0.15) is 35.3 Å². The van der Waals surface area contributed by atoms with E-state index in [-0.39, 0.29) is 54.4 Å². The van der Waals surface area contributed by atoms with E-state index in [1.807, 2.05) is 6.92 Å². The normalized spacial score (nSPS) is 33.8. The molecule has 6 nitrogen and oxygen atoms in total. The molecule has 6 atom stereocenters. The van der Waals surface area contributed by atoms with Gasteiger partial charge in [0, 0.05) is 36.2 Å². The molecule has 2 aliphatic carbocycles. The first kappa shape index (κ1) is 23.8. The number of amides is 1. The summed E-state index contributed by atoms with van der Waals surface area (Å²) < 4.78 is 0. The molecule has 2 heterocycles. The summed E-state index contributed by atoms with van der Waals surface area (Å²) in [5.41, 5.74) is 1.26. The first-order valence-corrected chi connectivity index (χ1v) is 10.7. The zero-order chi connectivity index (χ0) is 18.3. The molecule has 1 aromatic rings. The summed E-state index contributed by atoms with van der Waals surface area (Å²) >= 11 is 1.79. The number of carbonyl (C=O) groups is 1. The molecule has 0 radical (unpaired) electrons. The largest absolute Gasteiger partial charge is 0.390 e.